The van der Waals surface area contributed by atoms with E-state index < -0.39 is 10.0 Å². The molecule has 98 valence electrons. The maximum absolute atomic E-state index is 12.0. The molecule has 0 fully saturated rings. The van der Waals surface area contributed by atoms with Gasteiger partial charge in [-0.25, -0.2) is 13.1 Å². The monoisotopic (exact) mass is 276 g/mol. The number of rotatable bonds is 7. The fourth-order valence-corrected chi connectivity index (χ4v) is 4.11. The highest BCUT2D eigenvalue weighted by molar-refractivity contribution is 7.89. The van der Waals surface area contributed by atoms with Gasteiger partial charge in [0.1, 0.15) is 0 Å². The molecule has 0 aliphatic heterocycles. The summed E-state index contributed by atoms with van der Waals surface area (Å²) in [5.74, 6) is 0. The van der Waals surface area contributed by atoms with Gasteiger partial charge in [-0.05, 0) is 38.3 Å². The van der Waals surface area contributed by atoms with E-state index in [9.17, 15) is 8.42 Å². The van der Waals surface area contributed by atoms with Crippen LogP contribution in [-0.4, -0.2) is 21.0 Å². The Morgan fingerprint density at radius 1 is 1.41 bits per heavy atom. The zero-order valence-electron chi connectivity index (χ0n) is 10.5. The van der Waals surface area contributed by atoms with Crippen molar-refractivity contribution in [3.8, 4) is 0 Å². The average molecular weight is 276 g/mol. The minimum Gasteiger partial charge on any atom is -0.312 e. The fraction of sp³-hybridized carbons (Fsp3) is 0.636. The van der Waals surface area contributed by atoms with Gasteiger partial charge in [0.2, 0.25) is 10.0 Å². The van der Waals surface area contributed by atoms with Crippen LogP contribution in [0.25, 0.3) is 0 Å². The lowest BCUT2D eigenvalue weighted by atomic mass is 10.4. The maximum Gasteiger partial charge on any atom is 0.241 e. The van der Waals surface area contributed by atoms with E-state index in [1.54, 1.807) is 6.07 Å². The molecular formula is C11H20N2O2S2. The van der Waals surface area contributed by atoms with Crippen LogP contribution in [0.2, 0.25) is 0 Å². The first-order valence-electron chi connectivity index (χ1n) is 5.76. The molecule has 0 saturated heterocycles. The minimum atomic E-state index is -3.36. The normalized spacial score (nSPS) is 12.2. The molecule has 1 aromatic rings. The van der Waals surface area contributed by atoms with Gasteiger partial charge in [-0.15, -0.1) is 11.3 Å². The van der Waals surface area contributed by atoms with Crippen molar-refractivity contribution >= 4 is 21.4 Å². The van der Waals surface area contributed by atoms with Gasteiger partial charge in [0.25, 0.3) is 0 Å². The number of hydrogen-bond acceptors (Lipinski definition) is 4. The summed E-state index contributed by atoms with van der Waals surface area (Å²) < 4.78 is 26.7. The highest BCUT2D eigenvalue weighted by atomic mass is 32.2. The Kier molecular flexibility index (Phi) is 5.58. The molecule has 0 unspecified atom stereocenters. The lowest BCUT2D eigenvalue weighted by Gasteiger charge is -2.10. The summed E-state index contributed by atoms with van der Waals surface area (Å²) in [6.07, 6.45) is 1.04. The van der Waals surface area contributed by atoms with E-state index in [1.165, 1.54) is 11.3 Å². The van der Waals surface area contributed by atoms with Gasteiger partial charge in [0.15, 0.2) is 0 Å². The molecular weight excluding hydrogens is 256 g/mol. The van der Waals surface area contributed by atoms with Crippen molar-refractivity contribution in [2.45, 2.75) is 44.7 Å². The van der Waals surface area contributed by atoms with Gasteiger partial charge in [-0.2, -0.15) is 0 Å². The van der Waals surface area contributed by atoms with Crippen molar-refractivity contribution in [3.63, 3.8) is 0 Å². The highest BCUT2D eigenvalue weighted by Gasteiger charge is 2.20. The summed E-state index contributed by atoms with van der Waals surface area (Å²) in [6.45, 7) is 7.23. The molecule has 0 atom stereocenters. The molecule has 0 bridgehead atoms. The second-order valence-electron chi connectivity index (χ2n) is 4.16. The van der Waals surface area contributed by atoms with E-state index in [0.29, 0.717) is 11.4 Å². The highest BCUT2D eigenvalue weighted by Crippen LogP contribution is 2.21. The lowest BCUT2D eigenvalue weighted by molar-refractivity contribution is 0.568. The number of thiophene rings is 1. The van der Waals surface area contributed by atoms with Gasteiger partial charge in [-0.3, -0.25) is 0 Å². The quantitative estimate of drug-likeness (QED) is 0.748. The molecule has 2 N–H and O–H groups in total. The zero-order chi connectivity index (χ0) is 12.9. The second kappa shape index (κ2) is 6.49. The molecule has 1 rings (SSSR count). The van der Waals surface area contributed by atoms with E-state index in [-0.39, 0.29) is 6.04 Å². The fourth-order valence-electron chi connectivity index (χ4n) is 1.45. The van der Waals surface area contributed by atoms with Gasteiger partial charge >= 0.3 is 0 Å². The standard InChI is InChI=1S/C11H20N2O2S2/c1-4-6-12-8-10-11(5-7-16-10)17(14,15)13-9(2)3/h5,7,9,12-13H,4,6,8H2,1-3H3. The topological polar surface area (TPSA) is 58.2 Å². The van der Waals surface area contributed by atoms with Gasteiger partial charge in [0.05, 0.1) is 4.90 Å². The first-order valence-corrected chi connectivity index (χ1v) is 8.13. The minimum absolute atomic E-state index is 0.0867. The Morgan fingerprint density at radius 3 is 2.71 bits per heavy atom. The summed E-state index contributed by atoms with van der Waals surface area (Å²) in [5, 5.41) is 5.04. The summed E-state index contributed by atoms with van der Waals surface area (Å²) in [5.41, 5.74) is 0. The third-order valence-electron chi connectivity index (χ3n) is 2.10. The van der Waals surface area contributed by atoms with Crippen LogP contribution in [0.15, 0.2) is 16.3 Å². The first-order chi connectivity index (χ1) is 7.97. The van der Waals surface area contributed by atoms with Crippen molar-refractivity contribution in [3.05, 3.63) is 16.3 Å². The van der Waals surface area contributed by atoms with E-state index in [1.807, 2.05) is 19.2 Å². The first kappa shape index (κ1) is 14.6. The molecule has 0 aromatic carbocycles. The molecule has 6 heteroatoms. The van der Waals surface area contributed by atoms with Crippen LogP contribution in [-0.2, 0) is 16.6 Å². The van der Waals surface area contributed by atoms with Crippen LogP contribution < -0.4 is 10.0 Å². The van der Waals surface area contributed by atoms with E-state index in [2.05, 4.69) is 17.0 Å². The van der Waals surface area contributed by atoms with E-state index in [0.717, 1.165) is 17.8 Å². The van der Waals surface area contributed by atoms with Crippen molar-refractivity contribution in [1.82, 2.24) is 10.0 Å². The third kappa shape index (κ3) is 4.39. The van der Waals surface area contributed by atoms with Crippen LogP contribution >= 0.6 is 11.3 Å². The summed E-state index contributed by atoms with van der Waals surface area (Å²) in [4.78, 5) is 1.27. The smallest absolute Gasteiger partial charge is 0.241 e. The van der Waals surface area contributed by atoms with Crippen molar-refractivity contribution in [2.24, 2.45) is 0 Å². The molecule has 1 heterocycles. The number of sulfonamides is 1. The Morgan fingerprint density at radius 2 is 2.12 bits per heavy atom. The van der Waals surface area contributed by atoms with Gasteiger partial charge in [-0.1, -0.05) is 6.92 Å². The molecule has 0 saturated carbocycles. The third-order valence-corrected chi connectivity index (χ3v) is 4.89. The number of nitrogens with one attached hydrogen (secondary N) is 2. The van der Waals surface area contributed by atoms with E-state index in [4.69, 9.17) is 0 Å². The van der Waals surface area contributed by atoms with Crippen molar-refractivity contribution in [2.75, 3.05) is 6.54 Å². The summed E-state index contributed by atoms with van der Waals surface area (Å²) in [6, 6.07) is 1.58. The molecule has 0 aliphatic rings. The number of hydrogen-bond donors (Lipinski definition) is 2. The second-order valence-corrected chi connectivity index (χ2v) is 6.84. The van der Waals surface area contributed by atoms with Crippen LogP contribution in [0.1, 0.15) is 32.1 Å². The Bertz CT molecular complexity index is 438. The van der Waals surface area contributed by atoms with Crippen LogP contribution in [0.4, 0.5) is 0 Å². The molecule has 0 spiro atoms. The van der Waals surface area contributed by atoms with Gasteiger partial charge in [0, 0.05) is 17.5 Å². The average Bonchev–Trinajstić information content (AvgIpc) is 2.65. The summed E-state index contributed by atoms with van der Waals surface area (Å²) >= 11 is 1.47. The molecule has 17 heavy (non-hydrogen) atoms. The van der Waals surface area contributed by atoms with Crippen LogP contribution in [0, 0.1) is 0 Å². The largest absolute Gasteiger partial charge is 0.312 e. The van der Waals surface area contributed by atoms with Gasteiger partial charge < -0.3 is 5.32 Å². The Hall–Kier alpha value is -0.430. The van der Waals surface area contributed by atoms with Crippen molar-refractivity contribution in [1.29, 1.82) is 0 Å². The lowest BCUT2D eigenvalue weighted by Crippen LogP contribution is -2.30. The predicted octanol–water partition coefficient (Wildman–Crippen LogP) is 1.93. The van der Waals surface area contributed by atoms with Crippen LogP contribution in [0.5, 0.6) is 0 Å². The molecule has 4 nitrogen and oxygen atoms in total. The zero-order valence-corrected chi connectivity index (χ0v) is 12.1. The SMILES string of the molecule is CCCNCc1sccc1S(=O)(=O)NC(C)C. The summed E-state index contributed by atoms with van der Waals surface area (Å²) in [7, 11) is -3.36. The molecule has 0 radical (unpaired) electrons. The van der Waals surface area contributed by atoms with Crippen LogP contribution in [0.3, 0.4) is 0 Å². The van der Waals surface area contributed by atoms with E-state index >= 15 is 0 Å². The Balaban J connectivity index is 2.80. The maximum atomic E-state index is 12.0. The Labute approximate surface area is 107 Å². The molecule has 0 amide bonds. The molecule has 0 aliphatic carbocycles. The van der Waals surface area contributed by atoms with Crippen molar-refractivity contribution < 1.29 is 8.42 Å². The predicted molar refractivity (Wildman–Crippen MR) is 71.8 cm³/mol. The molecule has 1 aromatic heterocycles.